The van der Waals surface area contributed by atoms with Gasteiger partial charge in [-0.1, -0.05) is 18.6 Å². The van der Waals surface area contributed by atoms with Crippen LogP contribution in [0.2, 0.25) is 0 Å². The summed E-state index contributed by atoms with van der Waals surface area (Å²) in [6, 6.07) is 0. The number of rotatable bonds is 0. The average molecular weight is 139 g/mol. The third kappa shape index (κ3) is 2.14. The van der Waals surface area contributed by atoms with Gasteiger partial charge >= 0.3 is 0 Å². The Bertz CT molecular complexity index is 138. The molecule has 0 saturated carbocycles. The monoisotopic (exact) mass is 139 g/mol. The van der Waals surface area contributed by atoms with Crippen molar-refractivity contribution in [2.75, 3.05) is 20.1 Å². The molecule has 1 rings (SSSR count). The van der Waals surface area contributed by atoms with Crippen LogP contribution in [0.4, 0.5) is 0 Å². The molecule has 0 unspecified atom stereocenters. The number of hydrogen-bond donors (Lipinski definition) is 0. The lowest BCUT2D eigenvalue weighted by atomic mass is 10.0. The molecule has 0 aliphatic carbocycles. The van der Waals surface area contributed by atoms with Gasteiger partial charge < -0.3 is 4.90 Å². The minimum atomic E-state index is 0.837. The van der Waals surface area contributed by atoms with Crippen LogP contribution >= 0.6 is 0 Å². The van der Waals surface area contributed by atoms with E-state index in [4.69, 9.17) is 0 Å². The van der Waals surface area contributed by atoms with Crippen LogP contribution in [-0.4, -0.2) is 25.0 Å². The molecule has 0 fully saturated rings. The molecule has 0 amide bonds. The molecule has 1 atom stereocenters. The zero-order chi connectivity index (χ0) is 7.56. The molecule has 0 saturated heterocycles. The first kappa shape index (κ1) is 7.80. The van der Waals surface area contributed by atoms with Crippen molar-refractivity contribution >= 4 is 0 Å². The number of nitrogens with zero attached hydrogens (tertiary/aromatic N) is 1. The Morgan fingerprint density at radius 3 is 3.00 bits per heavy atom. The van der Waals surface area contributed by atoms with E-state index in [2.05, 4.69) is 31.9 Å². The topological polar surface area (TPSA) is 3.24 Å². The lowest BCUT2D eigenvalue weighted by Gasteiger charge is -2.15. The van der Waals surface area contributed by atoms with Crippen molar-refractivity contribution < 1.29 is 0 Å². The van der Waals surface area contributed by atoms with Crippen LogP contribution in [0.25, 0.3) is 0 Å². The fourth-order valence-electron chi connectivity index (χ4n) is 1.62. The Labute approximate surface area is 63.7 Å². The molecule has 0 bridgehead atoms. The van der Waals surface area contributed by atoms with E-state index in [0.717, 1.165) is 12.5 Å². The van der Waals surface area contributed by atoms with Crippen LogP contribution in [0.15, 0.2) is 11.6 Å². The van der Waals surface area contributed by atoms with E-state index in [-0.39, 0.29) is 0 Å². The Kier molecular flexibility index (Phi) is 2.50. The maximum Gasteiger partial charge on any atom is 0.0162 e. The van der Waals surface area contributed by atoms with Gasteiger partial charge in [-0.15, -0.1) is 0 Å². The smallest absolute Gasteiger partial charge is 0.0162 e. The second kappa shape index (κ2) is 3.20. The largest absolute Gasteiger partial charge is 0.302 e. The van der Waals surface area contributed by atoms with Crippen molar-refractivity contribution in [3.05, 3.63) is 11.6 Å². The molecule has 0 aromatic rings. The Morgan fingerprint density at radius 2 is 2.30 bits per heavy atom. The lowest BCUT2D eigenvalue weighted by Crippen LogP contribution is -2.22. The van der Waals surface area contributed by atoms with Gasteiger partial charge in [-0.3, -0.25) is 0 Å². The minimum absolute atomic E-state index is 0.837. The Hall–Kier alpha value is -0.300. The molecule has 1 heteroatoms. The molecule has 1 heterocycles. The molecule has 0 aromatic heterocycles. The van der Waals surface area contributed by atoms with Crippen molar-refractivity contribution in [2.45, 2.75) is 20.3 Å². The quantitative estimate of drug-likeness (QED) is 0.463. The second-order valence-electron chi connectivity index (χ2n) is 3.58. The Balaban J connectivity index is 2.53. The van der Waals surface area contributed by atoms with E-state index in [1.165, 1.54) is 13.0 Å². The van der Waals surface area contributed by atoms with E-state index < -0.39 is 0 Å². The maximum atomic E-state index is 2.38. The third-order valence-electron chi connectivity index (χ3n) is 2.05. The van der Waals surface area contributed by atoms with Crippen LogP contribution in [-0.2, 0) is 0 Å². The zero-order valence-electron chi connectivity index (χ0n) is 7.22. The molecule has 1 nitrogen and oxygen atoms in total. The molecule has 1 aliphatic rings. The highest BCUT2D eigenvalue weighted by Gasteiger charge is 2.09. The van der Waals surface area contributed by atoms with Crippen molar-refractivity contribution in [3.8, 4) is 0 Å². The maximum absolute atomic E-state index is 2.38. The van der Waals surface area contributed by atoms with Gasteiger partial charge in [0.1, 0.15) is 0 Å². The SMILES string of the molecule is CC1=CCN(C)C[C@@H](C)C1. The molecule has 0 aromatic carbocycles. The normalized spacial score (nSPS) is 29.5. The fourth-order valence-corrected chi connectivity index (χ4v) is 1.62. The van der Waals surface area contributed by atoms with Gasteiger partial charge in [0.05, 0.1) is 0 Å². The van der Waals surface area contributed by atoms with Crippen molar-refractivity contribution in [3.63, 3.8) is 0 Å². The van der Waals surface area contributed by atoms with E-state index in [0.29, 0.717) is 0 Å². The summed E-state index contributed by atoms with van der Waals surface area (Å²) in [6.07, 6.45) is 3.62. The summed E-state index contributed by atoms with van der Waals surface area (Å²) in [6.45, 7) is 6.93. The minimum Gasteiger partial charge on any atom is -0.302 e. The van der Waals surface area contributed by atoms with Crippen LogP contribution < -0.4 is 0 Å². The molecular weight excluding hydrogens is 122 g/mol. The van der Waals surface area contributed by atoms with Crippen LogP contribution in [0.1, 0.15) is 20.3 Å². The van der Waals surface area contributed by atoms with E-state index in [1.807, 2.05) is 0 Å². The zero-order valence-corrected chi connectivity index (χ0v) is 7.22. The molecule has 0 radical (unpaired) electrons. The van der Waals surface area contributed by atoms with Crippen molar-refractivity contribution in [1.82, 2.24) is 4.90 Å². The Morgan fingerprint density at radius 1 is 1.60 bits per heavy atom. The average Bonchev–Trinajstić information content (AvgIpc) is 1.93. The van der Waals surface area contributed by atoms with Crippen LogP contribution in [0, 0.1) is 5.92 Å². The van der Waals surface area contributed by atoms with Crippen molar-refractivity contribution in [2.24, 2.45) is 5.92 Å². The highest BCUT2D eigenvalue weighted by atomic mass is 15.1. The van der Waals surface area contributed by atoms with E-state index in [9.17, 15) is 0 Å². The summed E-state index contributed by atoms with van der Waals surface area (Å²) in [5.41, 5.74) is 1.55. The molecule has 58 valence electrons. The predicted octanol–water partition coefficient (Wildman–Crippen LogP) is 1.90. The summed E-state index contributed by atoms with van der Waals surface area (Å²) in [4.78, 5) is 2.38. The molecule has 1 aliphatic heterocycles. The summed E-state index contributed by atoms with van der Waals surface area (Å²) < 4.78 is 0. The van der Waals surface area contributed by atoms with Gasteiger partial charge in [0.2, 0.25) is 0 Å². The highest BCUT2D eigenvalue weighted by Crippen LogP contribution is 2.14. The van der Waals surface area contributed by atoms with Gasteiger partial charge in [0.25, 0.3) is 0 Å². The second-order valence-corrected chi connectivity index (χ2v) is 3.58. The number of hydrogen-bond acceptors (Lipinski definition) is 1. The number of likely N-dealkylation sites (N-methyl/N-ethyl adjacent to an activating group) is 1. The third-order valence-corrected chi connectivity index (χ3v) is 2.05. The summed E-state index contributed by atoms with van der Waals surface area (Å²) in [5.74, 6) is 0.837. The van der Waals surface area contributed by atoms with Gasteiger partial charge in [0.15, 0.2) is 0 Å². The fraction of sp³-hybridized carbons (Fsp3) is 0.778. The first-order chi connectivity index (χ1) is 4.68. The summed E-state index contributed by atoms with van der Waals surface area (Å²) in [7, 11) is 2.19. The van der Waals surface area contributed by atoms with Crippen LogP contribution in [0.5, 0.6) is 0 Å². The molecule has 0 spiro atoms. The van der Waals surface area contributed by atoms with Gasteiger partial charge in [-0.05, 0) is 26.3 Å². The first-order valence-corrected chi connectivity index (χ1v) is 4.02. The van der Waals surface area contributed by atoms with Gasteiger partial charge in [-0.2, -0.15) is 0 Å². The van der Waals surface area contributed by atoms with Gasteiger partial charge in [-0.25, -0.2) is 0 Å². The van der Waals surface area contributed by atoms with Gasteiger partial charge in [0, 0.05) is 13.1 Å². The summed E-state index contributed by atoms with van der Waals surface area (Å²) in [5, 5.41) is 0. The summed E-state index contributed by atoms with van der Waals surface area (Å²) >= 11 is 0. The first-order valence-electron chi connectivity index (χ1n) is 4.02. The predicted molar refractivity (Wildman–Crippen MR) is 45.0 cm³/mol. The van der Waals surface area contributed by atoms with Crippen LogP contribution in [0.3, 0.4) is 0 Å². The highest BCUT2D eigenvalue weighted by molar-refractivity contribution is 5.02. The molecule has 10 heavy (non-hydrogen) atoms. The van der Waals surface area contributed by atoms with E-state index in [1.54, 1.807) is 5.57 Å². The van der Waals surface area contributed by atoms with Crippen molar-refractivity contribution in [1.29, 1.82) is 0 Å². The molecule has 0 N–H and O–H groups in total. The van der Waals surface area contributed by atoms with E-state index >= 15 is 0 Å². The number of allylic oxidation sites excluding steroid dienone is 1. The molecular formula is C9H17N. The lowest BCUT2D eigenvalue weighted by molar-refractivity contribution is 0.321. The standard InChI is InChI=1S/C9H17N/c1-8-4-5-10(3)7-9(2)6-8/h4,9H,5-7H2,1-3H3/t9-/m0/s1.